The van der Waals surface area contributed by atoms with Gasteiger partial charge in [0.2, 0.25) is 0 Å². The fourth-order valence-electron chi connectivity index (χ4n) is 1.58. The Balaban J connectivity index is 2.79. The number of carboxylic acid groups (broad SMARTS) is 1. The Bertz CT molecular complexity index is 686. The number of aromatic nitrogens is 1. The molecule has 4 nitrogen and oxygen atoms in total. The summed E-state index contributed by atoms with van der Waals surface area (Å²) in [6.45, 7) is 0. The van der Waals surface area contributed by atoms with Gasteiger partial charge >= 0.3 is 12.1 Å². The van der Waals surface area contributed by atoms with Crippen molar-refractivity contribution in [1.82, 2.24) is 4.98 Å². The van der Waals surface area contributed by atoms with Crippen LogP contribution in [0.4, 0.5) is 18.9 Å². The third-order valence-corrected chi connectivity index (χ3v) is 2.90. The summed E-state index contributed by atoms with van der Waals surface area (Å²) in [4.78, 5) is 14.3. The minimum absolute atomic E-state index is 0.129. The molecule has 0 atom stereocenters. The van der Waals surface area contributed by atoms with E-state index in [-0.39, 0.29) is 27.2 Å². The number of aromatic carboxylic acids is 1. The van der Waals surface area contributed by atoms with Crippen LogP contribution in [0.1, 0.15) is 16.1 Å². The molecule has 0 aliphatic rings. The lowest BCUT2D eigenvalue weighted by atomic mass is 10.1. The van der Waals surface area contributed by atoms with Gasteiger partial charge in [0, 0.05) is 5.39 Å². The van der Waals surface area contributed by atoms with Crippen molar-refractivity contribution in [3.8, 4) is 0 Å². The second kappa shape index (κ2) is 4.27. The number of nitrogens with two attached hydrogens (primary N) is 1. The van der Waals surface area contributed by atoms with Gasteiger partial charge in [-0.05, 0) is 18.2 Å². The lowest BCUT2D eigenvalue weighted by Crippen LogP contribution is -2.09. The number of carbonyl (C=O) groups is 1. The predicted octanol–water partition coefficient (Wildman–Crippen LogP) is 3.19. The maximum atomic E-state index is 12.5. The Hall–Kier alpha value is -2.02. The van der Waals surface area contributed by atoms with E-state index < -0.39 is 17.8 Å². The zero-order valence-corrected chi connectivity index (χ0v) is 9.88. The number of nitrogen functional groups attached to an aromatic ring is 1. The highest BCUT2D eigenvalue weighted by Crippen LogP contribution is 2.34. The van der Waals surface area contributed by atoms with Gasteiger partial charge in [0.05, 0.1) is 21.8 Å². The topological polar surface area (TPSA) is 76.2 Å². The Morgan fingerprint density at radius 1 is 1.37 bits per heavy atom. The van der Waals surface area contributed by atoms with E-state index in [2.05, 4.69) is 4.98 Å². The molecule has 2 aromatic rings. The zero-order valence-electron chi connectivity index (χ0n) is 9.12. The number of rotatable bonds is 1. The van der Waals surface area contributed by atoms with Crippen molar-refractivity contribution in [1.29, 1.82) is 0 Å². The summed E-state index contributed by atoms with van der Waals surface area (Å²) in [5.74, 6) is -1.39. The summed E-state index contributed by atoms with van der Waals surface area (Å²) < 4.78 is 37.6. The molecular weight excluding hydrogens is 285 g/mol. The summed E-state index contributed by atoms with van der Waals surface area (Å²) in [5, 5.41) is 8.93. The summed E-state index contributed by atoms with van der Waals surface area (Å²) in [6.07, 6.45) is -4.62. The van der Waals surface area contributed by atoms with Gasteiger partial charge in [-0.2, -0.15) is 13.2 Å². The van der Waals surface area contributed by atoms with E-state index in [9.17, 15) is 18.0 Å². The van der Waals surface area contributed by atoms with Crippen LogP contribution in [0.15, 0.2) is 18.2 Å². The molecule has 0 aliphatic heterocycles. The summed E-state index contributed by atoms with van der Waals surface area (Å²) in [7, 11) is 0. The van der Waals surface area contributed by atoms with Crippen LogP contribution in [0.5, 0.6) is 0 Å². The molecule has 0 aliphatic carbocycles. The van der Waals surface area contributed by atoms with Crippen molar-refractivity contribution in [2.24, 2.45) is 0 Å². The molecule has 0 saturated carbocycles. The number of halogens is 4. The molecule has 1 aromatic heterocycles. The van der Waals surface area contributed by atoms with Gasteiger partial charge in [0.25, 0.3) is 0 Å². The first-order chi connectivity index (χ1) is 8.71. The number of carboxylic acids is 1. The standard InChI is InChI=1S/C11H6ClF3N2O2/c12-8-4-1-2-7(11(13,14)15)17-6(4)3-5(9(8)16)10(18)19/h1-3H,16H2,(H,18,19). The fourth-order valence-corrected chi connectivity index (χ4v) is 1.84. The lowest BCUT2D eigenvalue weighted by molar-refractivity contribution is -0.140. The molecule has 0 radical (unpaired) electrons. The quantitative estimate of drug-likeness (QED) is 0.791. The smallest absolute Gasteiger partial charge is 0.433 e. The average molecular weight is 291 g/mol. The van der Waals surface area contributed by atoms with Crippen LogP contribution >= 0.6 is 11.6 Å². The van der Waals surface area contributed by atoms with Gasteiger partial charge in [-0.1, -0.05) is 11.6 Å². The molecular formula is C11H6ClF3N2O2. The molecule has 1 aromatic carbocycles. The highest BCUT2D eigenvalue weighted by atomic mass is 35.5. The van der Waals surface area contributed by atoms with Gasteiger partial charge in [-0.15, -0.1) is 0 Å². The first-order valence-corrected chi connectivity index (χ1v) is 5.29. The molecule has 0 unspecified atom stereocenters. The van der Waals surface area contributed by atoms with Crippen LogP contribution < -0.4 is 5.73 Å². The first kappa shape index (κ1) is 13.4. The van der Waals surface area contributed by atoms with Gasteiger partial charge in [0.15, 0.2) is 0 Å². The lowest BCUT2D eigenvalue weighted by Gasteiger charge is -2.10. The van der Waals surface area contributed by atoms with E-state index in [0.29, 0.717) is 0 Å². The maximum absolute atomic E-state index is 12.5. The predicted molar refractivity (Wildman–Crippen MR) is 63.1 cm³/mol. The maximum Gasteiger partial charge on any atom is 0.433 e. The molecule has 2 rings (SSSR count). The monoisotopic (exact) mass is 290 g/mol. The number of fused-ring (bicyclic) bond motifs is 1. The van der Waals surface area contributed by atoms with Gasteiger partial charge in [-0.3, -0.25) is 0 Å². The number of alkyl halides is 3. The average Bonchev–Trinajstić information content (AvgIpc) is 2.31. The molecule has 0 saturated heterocycles. The molecule has 0 bridgehead atoms. The van der Waals surface area contributed by atoms with Crippen molar-refractivity contribution < 1.29 is 23.1 Å². The normalized spacial score (nSPS) is 11.8. The number of pyridine rings is 1. The Morgan fingerprint density at radius 3 is 2.53 bits per heavy atom. The molecule has 8 heteroatoms. The third kappa shape index (κ3) is 2.28. The molecule has 0 fully saturated rings. The minimum Gasteiger partial charge on any atom is -0.478 e. The van der Waals surface area contributed by atoms with Crippen LogP contribution in [-0.4, -0.2) is 16.1 Å². The number of benzene rings is 1. The fraction of sp³-hybridized carbons (Fsp3) is 0.0909. The molecule has 100 valence electrons. The summed E-state index contributed by atoms with van der Waals surface area (Å²) in [6, 6.07) is 2.83. The van der Waals surface area contributed by atoms with E-state index in [4.69, 9.17) is 22.4 Å². The first-order valence-electron chi connectivity index (χ1n) is 4.91. The van der Waals surface area contributed by atoms with Gasteiger partial charge < -0.3 is 10.8 Å². The van der Waals surface area contributed by atoms with Gasteiger partial charge in [0.1, 0.15) is 5.69 Å². The minimum atomic E-state index is -4.62. The number of hydrogen-bond donors (Lipinski definition) is 2. The van der Waals surface area contributed by atoms with Crippen LogP contribution in [-0.2, 0) is 6.18 Å². The highest BCUT2D eigenvalue weighted by Gasteiger charge is 2.32. The molecule has 19 heavy (non-hydrogen) atoms. The summed E-state index contributed by atoms with van der Waals surface area (Å²) >= 11 is 5.83. The molecule has 0 amide bonds. The number of nitrogens with zero attached hydrogens (tertiary/aromatic N) is 1. The van der Waals surface area contributed by atoms with Crippen LogP contribution in [0.25, 0.3) is 10.9 Å². The van der Waals surface area contributed by atoms with Crippen molar-refractivity contribution in [2.45, 2.75) is 6.18 Å². The zero-order chi connectivity index (χ0) is 14.4. The molecule has 1 heterocycles. The van der Waals surface area contributed by atoms with Crippen molar-refractivity contribution in [3.63, 3.8) is 0 Å². The van der Waals surface area contributed by atoms with Crippen LogP contribution in [0.2, 0.25) is 5.02 Å². The number of anilines is 1. The largest absolute Gasteiger partial charge is 0.478 e. The van der Waals surface area contributed by atoms with Crippen molar-refractivity contribution in [2.75, 3.05) is 5.73 Å². The van der Waals surface area contributed by atoms with Crippen LogP contribution in [0.3, 0.4) is 0 Å². The Labute approximate surface area is 109 Å². The van der Waals surface area contributed by atoms with Gasteiger partial charge in [-0.25, -0.2) is 9.78 Å². The third-order valence-electron chi connectivity index (χ3n) is 2.49. The van der Waals surface area contributed by atoms with E-state index in [1.807, 2.05) is 0 Å². The SMILES string of the molecule is Nc1c(C(=O)O)cc2nc(C(F)(F)F)ccc2c1Cl. The van der Waals surface area contributed by atoms with E-state index >= 15 is 0 Å². The molecule has 3 N–H and O–H groups in total. The second-order valence-electron chi connectivity index (χ2n) is 3.72. The Morgan fingerprint density at radius 2 is 2.00 bits per heavy atom. The Kier molecular flexibility index (Phi) is 3.01. The van der Waals surface area contributed by atoms with Crippen LogP contribution in [0, 0.1) is 0 Å². The van der Waals surface area contributed by atoms with Crippen molar-refractivity contribution in [3.05, 3.63) is 34.5 Å². The van der Waals surface area contributed by atoms with E-state index in [0.717, 1.165) is 18.2 Å². The van der Waals surface area contributed by atoms with Crippen molar-refractivity contribution >= 4 is 34.2 Å². The highest BCUT2D eigenvalue weighted by molar-refractivity contribution is 6.38. The summed E-state index contributed by atoms with van der Waals surface area (Å²) in [5.41, 5.74) is 3.62. The second-order valence-corrected chi connectivity index (χ2v) is 4.10. The number of hydrogen-bond acceptors (Lipinski definition) is 3. The van der Waals surface area contributed by atoms with E-state index in [1.54, 1.807) is 0 Å². The van der Waals surface area contributed by atoms with E-state index in [1.165, 1.54) is 0 Å². The molecule has 0 spiro atoms.